The minimum atomic E-state index is -0.181. The van der Waals surface area contributed by atoms with Gasteiger partial charge in [-0.1, -0.05) is 31.5 Å². The van der Waals surface area contributed by atoms with Crippen LogP contribution in [-0.4, -0.2) is 38.0 Å². The van der Waals surface area contributed by atoms with E-state index in [9.17, 15) is 9.59 Å². The molecule has 2 amide bonds. The second-order valence-electron chi connectivity index (χ2n) is 6.69. The van der Waals surface area contributed by atoms with Crippen LogP contribution in [0.25, 0.3) is 0 Å². The zero-order chi connectivity index (χ0) is 17.4. The SMILES string of the molecule is CCc1ccccc1NC(=O)CNC(=O)C[NH+](C)C1CCCCC1. The van der Waals surface area contributed by atoms with Crippen LogP contribution in [0.3, 0.4) is 0 Å². The Morgan fingerprint density at radius 2 is 1.83 bits per heavy atom. The van der Waals surface area contributed by atoms with Crippen molar-refractivity contribution in [2.45, 2.75) is 51.5 Å². The van der Waals surface area contributed by atoms with Crippen molar-refractivity contribution in [2.75, 3.05) is 25.5 Å². The number of hydrogen-bond acceptors (Lipinski definition) is 2. The fourth-order valence-corrected chi connectivity index (χ4v) is 3.38. The second kappa shape index (κ2) is 9.42. The van der Waals surface area contributed by atoms with Crippen molar-refractivity contribution < 1.29 is 14.5 Å². The average Bonchev–Trinajstić information content (AvgIpc) is 2.61. The first-order valence-electron chi connectivity index (χ1n) is 9.07. The Kier molecular flexibility index (Phi) is 7.25. The van der Waals surface area contributed by atoms with Crippen LogP contribution >= 0.6 is 0 Å². The van der Waals surface area contributed by atoms with Gasteiger partial charge in [-0.05, 0) is 43.7 Å². The van der Waals surface area contributed by atoms with E-state index in [2.05, 4.69) is 24.6 Å². The number of carbonyl (C=O) groups is 2. The van der Waals surface area contributed by atoms with Gasteiger partial charge >= 0.3 is 0 Å². The van der Waals surface area contributed by atoms with Gasteiger partial charge in [0, 0.05) is 5.69 Å². The molecule has 0 aliphatic heterocycles. The molecule has 1 aromatic carbocycles. The molecule has 0 radical (unpaired) electrons. The molecule has 1 aliphatic rings. The van der Waals surface area contributed by atoms with Gasteiger partial charge in [0.2, 0.25) is 5.91 Å². The minimum Gasteiger partial charge on any atom is -0.342 e. The summed E-state index contributed by atoms with van der Waals surface area (Å²) in [7, 11) is 2.08. The lowest BCUT2D eigenvalue weighted by Gasteiger charge is -2.27. The highest BCUT2D eigenvalue weighted by atomic mass is 16.2. The molecule has 0 bridgehead atoms. The molecule has 1 saturated carbocycles. The van der Waals surface area contributed by atoms with Gasteiger partial charge in [0.25, 0.3) is 5.91 Å². The Balaban J connectivity index is 1.73. The predicted molar refractivity (Wildman–Crippen MR) is 96.1 cm³/mol. The van der Waals surface area contributed by atoms with Gasteiger partial charge in [-0.2, -0.15) is 0 Å². The highest BCUT2D eigenvalue weighted by molar-refractivity contribution is 5.95. The number of hydrogen-bond donors (Lipinski definition) is 3. The lowest BCUT2D eigenvalue weighted by atomic mass is 9.94. The van der Waals surface area contributed by atoms with E-state index in [1.807, 2.05) is 24.3 Å². The molecule has 1 aliphatic carbocycles. The number of nitrogens with one attached hydrogen (secondary N) is 3. The standard InChI is InChI=1S/C19H29N3O2/c1-3-15-9-7-8-12-17(15)21-18(23)13-20-19(24)14-22(2)16-10-5-4-6-11-16/h7-9,12,16H,3-6,10-11,13-14H2,1-2H3,(H,20,24)(H,21,23)/p+1. The Morgan fingerprint density at radius 3 is 2.54 bits per heavy atom. The molecular weight excluding hydrogens is 302 g/mol. The molecular formula is C19H30N3O2+. The number of aryl methyl sites for hydroxylation is 1. The van der Waals surface area contributed by atoms with E-state index >= 15 is 0 Å². The summed E-state index contributed by atoms with van der Waals surface area (Å²) in [5.41, 5.74) is 1.92. The zero-order valence-corrected chi connectivity index (χ0v) is 14.9. The molecule has 132 valence electrons. The van der Waals surface area contributed by atoms with Crippen LogP contribution in [0.15, 0.2) is 24.3 Å². The van der Waals surface area contributed by atoms with Crippen molar-refractivity contribution in [1.82, 2.24) is 5.32 Å². The number of carbonyl (C=O) groups excluding carboxylic acids is 2. The summed E-state index contributed by atoms with van der Waals surface area (Å²) in [5.74, 6) is -0.239. The topological polar surface area (TPSA) is 62.6 Å². The number of rotatable bonds is 7. The van der Waals surface area contributed by atoms with Gasteiger partial charge in [-0.15, -0.1) is 0 Å². The largest absolute Gasteiger partial charge is 0.342 e. The smallest absolute Gasteiger partial charge is 0.275 e. The maximum absolute atomic E-state index is 12.1. The van der Waals surface area contributed by atoms with Crippen molar-refractivity contribution >= 4 is 17.5 Å². The van der Waals surface area contributed by atoms with E-state index in [1.54, 1.807) is 0 Å². The fourth-order valence-electron chi connectivity index (χ4n) is 3.38. The number of para-hydroxylation sites is 1. The van der Waals surface area contributed by atoms with Gasteiger partial charge in [0.1, 0.15) is 0 Å². The van der Waals surface area contributed by atoms with Crippen molar-refractivity contribution in [3.63, 3.8) is 0 Å². The summed E-state index contributed by atoms with van der Waals surface area (Å²) in [4.78, 5) is 25.4. The third-order valence-corrected chi connectivity index (χ3v) is 4.86. The molecule has 1 fully saturated rings. The molecule has 1 atom stereocenters. The van der Waals surface area contributed by atoms with E-state index in [-0.39, 0.29) is 18.4 Å². The molecule has 0 saturated heterocycles. The van der Waals surface area contributed by atoms with Crippen LogP contribution in [0, 0.1) is 0 Å². The Hall–Kier alpha value is -1.88. The van der Waals surface area contributed by atoms with Gasteiger partial charge < -0.3 is 15.5 Å². The summed E-state index contributed by atoms with van der Waals surface area (Å²) in [6.45, 7) is 2.51. The summed E-state index contributed by atoms with van der Waals surface area (Å²) in [6.07, 6.45) is 7.11. The van der Waals surface area contributed by atoms with E-state index in [0.29, 0.717) is 12.6 Å². The quantitative estimate of drug-likeness (QED) is 0.701. The first kappa shape index (κ1) is 18.5. The molecule has 24 heavy (non-hydrogen) atoms. The molecule has 0 aromatic heterocycles. The molecule has 5 nitrogen and oxygen atoms in total. The molecule has 0 spiro atoms. The summed E-state index contributed by atoms with van der Waals surface area (Å²) < 4.78 is 0. The van der Waals surface area contributed by atoms with Crippen LogP contribution in [0.1, 0.15) is 44.6 Å². The van der Waals surface area contributed by atoms with E-state index < -0.39 is 0 Å². The Labute approximate surface area is 144 Å². The van der Waals surface area contributed by atoms with Crippen LogP contribution in [0.4, 0.5) is 5.69 Å². The summed E-state index contributed by atoms with van der Waals surface area (Å²) in [5, 5.41) is 5.61. The maximum atomic E-state index is 12.1. The van der Waals surface area contributed by atoms with Gasteiger partial charge in [-0.3, -0.25) is 9.59 Å². The number of likely N-dealkylation sites (N-methyl/N-ethyl adjacent to an activating group) is 1. The van der Waals surface area contributed by atoms with Gasteiger partial charge in [-0.25, -0.2) is 0 Å². The molecule has 1 unspecified atom stereocenters. The molecule has 1 aromatic rings. The first-order chi connectivity index (χ1) is 11.6. The second-order valence-corrected chi connectivity index (χ2v) is 6.69. The third kappa shape index (κ3) is 5.64. The molecule has 2 rings (SSSR count). The molecule has 5 heteroatoms. The number of amides is 2. The van der Waals surface area contributed by atoms with Crippen molar-refractivity contribution in [3.05, 3.63) is 29.8 Å². The van der Waals surface area contributed by atoms with Crippen LogP contribution < -0.4 is 15.5 Å². The van der Waals surface area contributed by atoms with E-state index in [1.165, 1.54) is 37.0 Å². The first-order valence-corrected chi connectivity index (χ1v) is 9.07. The monoisotopic (exact) mass is 332 g/mol. The zero-order valence-electron chi connectivity index (χ0n) is 14.9. The molecule has 3 N–H and O–H groups in total. The maximum Gasteiger partial charge on any atom is 0.275 e. The Morgan fingerprint density at radius 1 is 1.12 bits per heavy atom. The fraction of sp³-hybridized carbons (Fsp3) is 0.579. The lowest BCUT2D eigenvalue weighted by molar-refractivity contribution is -0.899. The Bertz CT molecular complexity index is 553. The lowest BCUT2D eigenvalue weighted by Crippen LogP contribution is -3.14. The number of quaternary nitrogens is 1. The van der Waals surface area contributed by atoms with Crippen LogP contribution in [-0.2, 0) is 16.0 Å². The summed E-state index contributed by atoms with van der Waals surface area (Å²) in [6, 6.07) is 8.32. The van der Waals surface area contributed by atoms with E-state index in [0.717, 1.165) is 17.7 Å². The average molecular weight is 332 g/mol. The van der Waals surface area contributed by atoms with Crippen molar-refractivity contribution in [1.29, 1.82) is 0 Å². The van der Waals surface area contributed by atoms with Gasteiger partial charge in [0.05, 0.1) is 19.6 Å². The summed E-state index contributed by atoms with van der Waals surface area (Å²) >= 11 is 0. The highest BCUT2D eigenvalue weighted by Crippen LogP contribution is 2.15. The van der Waals surface area contributed by atoms with Crippen molar-refractivity contribution in [2.24, 2.45) is 0 Å². The van der Waals surface area contributed by atoms with E-state index in [4.69, 9.17) is 0 Å². The minimum absolute atomic E-state index is 0.0226. The highest BCUT2D eigenvalue weighted by Gasteiger charge is 2.23. The van der Waals surface area contributed by atoms with Crippen molar-refractivity contribution in [3.8, 4) is 0 Å². The third-order valence-electron chi connectivity index (χ3n) is 4.86. The predicted octanol–water partition coefficient (Wildman–Crippen LogP) is 1.15. The normalized spacial score (nSPS) is 16.4. The van der Waals surface area contributed by atoms with Gasteiger partial charge in [0.15, 0.2) is 6.54 Å². The number of anilines is 1. The van der Waals surface area contributed by atoms with Crippen LogP contribution in [0.5, 0.6) is 0 Å². The molecule has 0 heterocycles. The van der Waals surface area contributed by atoms with Crippen LogP contribution in [0.2, 0.25) is 0 Å². The number of benzene rings is 1.